The average molecular weight is 267 g/mol. The fraction of sp³-hybridized carbons (Fsp3) is 1.00. The van der Waals surface area contributed by atoms with Gasteiger partial charge in [-0.3, -0.25) is 4.90 Å². The van der Waals surface area contributed by atoms with E-state index in [0.717, 1.165) is 19.3 Å². The van der Waals surface area contributed by atoms with Crippen molar-refractivity contribution < 1.29 is 5.11 Å². The van der Waals surface area contributed by atoms with Crippen LogP contribution in [0.25, 0.3) is 0 Å². The molecule has 0 aromatic rings. The van der Waals surface area contributed by atoms with E-state index in [1.165, 1.54) is 58.0 Å². The molecule has 19 heavy (non-hydrogen) atoms. The lowest BCUT2D eigenvalue weighted by molar-refractivity contribution is -0.00743. The predicted octanol–water partition coefficient (Wildman–Crippen LogP) is 3.97. The van der Waals surface area contributed by atoms with Crippen molar-refractivity contribution in [1.29, 1.82) is 0 Å². The molecule has 1 aliphatic carbocycles. The molecule has 2 nitrogen and oxygen atoms in total. The van der Waals surface area contributed by atoms with Crippen LogP contribution >= 0.6 is 0 Å². The number of rotatable bonds is 5. The molecule has 2 fully saturated rings. The molecule has 1 spiro atoms. The van der Waals surface area contributed by atoms with Gasteiger partial charge in [-0.25, -0.2) is 0 Å². The molecule has 2 heteroatoms. The lowest BCUT2D eigenvalue weighted by atomic mass is 9.68. The fourth-order valence-corrected chi connectivity index (χ4v) is 4.39. The molecule has 2 rings (SSSR count). The third kappa shape index (κ3) is 3.72. The van der Waals surface area contributed by atoms with Crippen molar-refractivity contribution >= 4 is 0 Å². The van der Waals surface area contributed by atoms with Crippen LogP contribution < -0.4 is 0 Å². The van der Waals surface area contributed by atoms with Crippen LogP contribution in [-0.2, 0) is 0 Å². The lowest BCUT2D eigenvalue weighted by Gasteiger charge is -2.47. The molecule has 1 aliphatic heterocycles. The highest BCUT2D eigenvalue weighted by Crippen LogP contribution is 2.45. The molecule has 2 unspecified atom stereocenters. The molecule has 1 saturated heterocycles. The Kier molecular flexibility index (Phi) is 5.70. The summed E-state index contributed by atoms with van der Waals surface area (Å²) in [4.78, 5) is 2.58. The van der Waals surface area contributed by atoms with E-state index >= 15 is 0 Å². The molecule has 1 saturated carbocycles. The Morgan fingerprint density at radius 2 is 1.63 bits per heavy atom. The normalized spacial score (nSPS) is 27.3. The summed E-state index contributed by atoms with van der Waals surface area (Å²) in [5.74, 6) is 0. The number of piperidine rings is 1. The van der Waals surface area contributed by atoms with Crippen molar-refractivity contribution in [3.05, 3.63) is 0 Å². The molecular formula is C17H33NO. The van der Waals surface area contributed by atoms with Crippen LogP contribution in [0, 0.1) is 5.41 Å². The second-order valence-electron chi connectivity index (χ2n) is 6.93. The van der Waals surface area contributed by atoms with Crippen LogP contribution in [-0.4, -0.2) is 35.2 Å². The zero-order valence-corrected chi connectivity index (χ0v) is 13.0. The minimum Gasteiger partial charge on any atom is -0.391 e. The van der Waals surface area contributed by atoms with Crippen LogP contribution in [0.5, 0.6) is 0 Å². The Labute approximate surface area is 119 Å². The van der Waals surface area contributed by atoms with Gasteiger partial charge in [0.1, 0.15) is 0 Å². The van der Waals surface area contributed by atoms with Gasteiger partial charge in [-0.1, -0.05) is 39.5 Å². The largest absolute Gasteiger partial charge is 0.391 e. The summed E-state index contributed by atoms with van der Waals surface area (Å²) < 4.78 is 0. The quantitative estimate of drug-likeness (QED) is 0.814. The van der Waals surface area contributed by atoms with Crippen molar-refractivity contribution in [3.63, 3.8) is 0 Å². The zero-order valence-electron chi connectivity index (χ0n) is 13.0. The van der Waals surface area contributed by atoms with Crippen LogP contribution in [0.2, 0.25) is 0 Å². The molecule has 112 valence electrons. The van der Waals surface area contributed by atoms with E-state index in [4.69, 9.17) is 0 Å². The Morgan fingerprint density at radius 3 is 2.16 bits per heavy atom. The highest BCUT2D eigenvalue weighted by Gasteiger charge is 2.37. The Morgan fingerprint density at radius 1 is 1.00 bits per heavy atom. The Balaban J connectivity index is 1.87. The van der Waals surface area contributed by atoms with E-state index in [1.807, 2.05) is 0 Å². The number of aliphatic hydroxyl groups excluding tert-OH is 1. The van der Waals surface area contributed by atoms with E-state index in [9.17, 15) is 5.11 Å². The van der Waals surface area contributed by atoms with Gasteiger partial charge in [-0.15, -0.1) is 0 Å². The monoisotopic (exact) mass is 267 g/mol. The highest BCUT2D eigenvalue weighted by atomic mass is 16.3. The van der Waals surface area contributed by atoms with E-state index < -0.39 is 0 Å². The first-order chi connectivity index (χ1) is 9.21. The standard InChI is InChI=1S/C17H33NO/c1-3-8-16(19)15(4-2)18-13-11-17(12-14-18)9-6-5-7-10-17/h15-16,19H,3-14H2,1-2H3. The van der Waals surface area contributed by atoms with Gasteiger partial charge in [-0.2, -0.15) is 0 Å². The third-order valence-corrected chi connectivity index (χ3v) is 5.69. The lowest BCUT2D eigenvalue weighted by Crippen LogP contribution is -2.49. The molecule has 0 amide bonds. The number of aliphatic hydroxyl groups is 1. The summed E-state index contributed by atoms with van der Waals surface area (Å²) in [6, 6.07) is 0.404. The van der Waals surface area contributed by atoms with Gasteiger partial charge in [0.15, 0.2) is 0 Å². The van der Waals surface area contributed by atoms with Crippen molar-refractivity contribution in [1.82, 2.24) is 4.90 Å². The SMILES string of the molecule is CCCC(O)C(CC)N1CCC2(CCCCC2)CC1. The maximum absolute atomic E-state index is 10.3. The van der Waals surface area contributed by atoms with Gasteiger partial charge in [0.05, 0.1) is 6.10 Å². The van der Waals surface area contributed by atoms with E-state index in [2.05, 4.69) is 18.7 Å². The second-order valence-corrected chi connectivity index (χ2v) is 6.93. The van der Waals surface area contributed by atoms with Gasteiger partial charge in [0.2, 0.25) is 0 Å². The first kappa shape index (κ1) is 15.3. The molecule has 2 aliphatic rings. The summed E-state index contributed by atoms with van der Waals surface area (Å²) in [6.45, 7) is 6.84. The average Bonchev–Trinajstić information content (AvgIpc) is 2.43. The topological polar surface area (TPSA) is 23.5 Å². The number of likely N-dealkylation sites (tertiary alicyclic amines) is 1. The molecular weight excluding hydrogens is 234 g/mol. The predicted molar refractivity (Wildman–Crippen MR) is 81.3 cm³/mol. The van der Waals surface area contributed by atoms with E-state index in [0.29, 0.717) is 11.5 Å². The highest BCUT2D eigenvalue weighted by molar-refractivity contribution is 4.91. The molecule has 0 bridgehead atoms. The van der Waals surface area contributed by atoms with Crippen molar-refractivity contribution in [2.45, 2.75) is 90.2 Å². The third-order valence-electron chi connectivity index (χ3n) is 5.69. The van der Waals surface area contributed by atoms with Crippen molar-refractivity contribution in [2.24, 2.45) is 5.41 Å². The molecule has 0 radical (unpaired) electrons. The fourth-order valence-electron chi connectivity index (χ4n) is 4.39. The number of nitrogens with zero attached hydrogens (tertiary/aromatic N) is 1. The minimum absolute atomic E-state index is 0.115. The van der Waals surface area contributed by atoms with Gasteiger partial charge in [-0.05, 0) is 57.0 Å². The van der Waals surface area contributed by atoms with E-state index in [-0.39, 0.29) is 6.10 Å². The van der Waals surface area contributed by atoms with Gasteiger partial charge in [0, 0.05) is 6.04 Å². The smallest absolute Gasteiger partial charge is 0.0695 e. The molecule has 1 N–H and O–H groups in total. The summed E-state index contributed by atoms with van der Waals surface area (Å²) >= 11 is 0. The maximum Gasteiger partial charge on any atom is 0.0695 e. The zero-order chi connectivity index (χ0) is 13.7. The second kappa shape index (κ2) is 7.08. The molecule has 2 atom stereocenters. The van der Waals surface area contributed by atoms with Gasteiger partial charge < -0.3 is 5.11 Å². The molecule has 0 aromatic carbocycles. The minimum atomic E-state index is -0.115. The van der Waals surface area contributed by atoms with Gasteiger partial charge in [0.25, 0.3) is 0 Å². The van der Waals surface area contributed by atoms with Crippen molar-refractivity contribution in [2.75, 3.05) is 13.1 Å². The maximum atomic E-state index is 10.3. The molecule has 0 aromatic heterocycles. The van der Waals surface area contributed by atoms with Gasteiger partial charge >= 0.3 is 0 Å². The summed E-state index contributed by atoms with van der Waals surface area (Å²) in [5, 5.41) is 10.3. The summed E-state index contributed by atoms with van der Waals surface area (Å²) in [7, 11) is 0. The Bertz CT molecular complexity index is 250. The van der Waals surface area contributed by atoms with E-state index in [1.54, 1.807) is 0 Å². The summed E-state index contributed by atoms with van der Waals surface area (Å²) in [5.41, 5.74) is 0.683. The van der Waals surface area contributed by atoms with Crippen molar-refractivity contribution in [3.8, 4) is 0 Å². The number of hydrogen-bond donors (Lipinski definition) is 1. The Hall–Kier alpha value is -0.0800. The van der Waals surface area contributed by atoms with Crippen LogP contribution in [0.3, 0.4) is 0 Å². The summed E-state index contributed by atoms with van der Waals surface area (Å²) in [6.07, 6.45) is 13.1. The van der Waals surface area contributed by atoms with Crippen LogP contribution in [0.4, 0.5) is 0 Å². The first-order valence-electron chi connectivity index (χ1n) is 8.63. The number of hydrogen-bond acceptors (Lipinski definition) is 2. The molecule has 1 heterocycles. The first-order valence-corrected chi connectivity index (χ1v) is 8.63. The van der Waals surface area contributed by atoms with Crippen LogP contribution in [0.1, 0.15) is 78.1 Å². The van der Waals surface area contributed by atoms with Crippen LogP contribution in [0.15, 0.2) is 0 Å².